The molecule has 0 fully saturated rings. The van der Waals surface area contributed by atoms with Crippen molar-refractivity contribution in [3.63, 3.8) is 0 Å². The Morgan fingerprint density at radius 3 is 2.29 bits per heavy atom. The highest BCUT2D eigenvalue weighted by Gasteiger charge is 2.10. The van der Waals surface area contributed by atoms with Crippen molar-refractivity contribution in [1.29, 1.82) is 0 Å². The van der Waals surface area contributed by atoms with Crippen molar-refractivity contribution in [3.05, 3.63) is 47.8 Å². The van der Waals surface area contributed by atoms with Gasteiger partial charge in [0.05, 0.1) is 11.8 Å². The molecule has 88 valence electrons. The lowest BCUT2D eigenvalue weighted by molar-refractivity contribution is 0.103. The van der Waals surface area contributed by atoms with Crippen LogP contribution in [-0.4, -0.2) is 29.7 Å². The smallest absolute Gasteiger partial charge is 0.196 e. The highest BCUT2D eigenvalue weighted by Crippen LogP contribution is 2.15. The molecule has 0 bridgehead atoms. The molecule has 0 unspecified atom stereocenters. The zero-order chi connectivity index (χ0) is 12.4. The van der Waals surface area contributed by atoms with Crippen molar-refractivity contribution >= 4 is 11.5 Å². The summed E-state index contributed by atoms with van der Waals surface area (Å²) in [5, 5.41) is 4.00. The van der Waals surface area contributed by atoms with Crippen LogP contribution in [0.25, 0.3) is 0 Å². The fraction of sp³-hybridized carbons (Fsp3) is 0.231. The molecule has 0 saturated heterocycles. The van der Waals surface area contributed by atoms with Gasteiger partial charge in [-0.2, -0.15) is 5.10 Å². The number of nitrogens with zero attached hydrogens (tertiary/aromatic N) is 3. The van der Waals surface area contributed by atoms with Crippen molar-refractivity contribution in [2.75, 3.05) is 19.0 Å². The standard InChI is InChI=1S/C13H15N3O/c1-15(2)12-6-4-10(5-7-12)13(17)11-8-14-16(3)9-11/h4-9H,1-3H3. The molecule has 0 aliphatic rings. The van der Waals surface area contributed by atoms with Gasteiger partial charge in [-0.15, -0.1) is 0 Å². The molecule has 0 aliphatic heterocycles. The van der Waals surface area contributed by atoms with Crippen LogP contribution in [0.2, 0.25) is 0 Å². The van der Waals surface area contributed by atoms with E-state index in [-0.39, 0.29) is 5.78 Å². The largest absolute Gasteiger partial charge is 0.378 e. The minimum absolute atomic E-state index is 0.00315. The van der Waals surface area contributed by atoms with Gasteiger partial charge in [0.25, 0.3) is 0 Å². The van der Waals surface area contributed by atoms with Crippen LogP contribution in [0.4, 0.5) is 5.69 Å². The molecule has 0 N–H and O–H groups in total. The third-order valence-corrected chi connectivity index (χ3v) is 2.61. The second-order valence-corrected chi connectivity index (χ2v) is 4.17. The summed E-state index contributed by atoms with van der Waals surface area (Å²) in [5.74, 6) is 0.00315. The number of rotatable bonds is 3. The first kappa shape index (κ1) is 11.4. The minimum Gasteiger partial charge on any atom is -0.378 e. The zero-order valence-electron chi connectivity index (χ0n) is 10.2. The highest BCUT2D eigenvalue weighted by molar-refractivity contribution is 6.08. The quantitative estimate of drug-likeness (QED) is 0.752. The molecule has 2 aromatic rings. The lowest BCUT2D eigenvalue weighted by atomic mass is 10.1. The average Bonchev–Trinajstić information content (AvgIpc) is 2.75. The average molecular weight is 229 g/mol. The molecule has 0 saturated carbocycles. The van der Waals surface area contributed by atoms with Crippen LogP contribution < -0.4 is 4.90 Å². The van der Waals surface area contributed by atoms with E-state index in [1.165, 1.54) is 0 Å². The molecule has 1 aromatic carbocycles. The van der Waals surface area contributed by atoms with E-state index in [9.17, 15) is 4.79 Å². The molecule has 4 heteroatoms. The van der Waals surface area contributed by atoms with Crippen LogP contribution in [0.1, 0.15) is 15.9 Å². The number of ketones is 1. The third kappa shape index (κ3) is 2.36. The topological polar surface area (TPSA) is 38.1 Å². The molecule has 0 atom stereocenters. The summed E-state index contributed by atoms with van der Waals surface area (Å²) in [5.41, 5.74) is 2.38. The molecule has 2 rings (SSSR count). The fourth-order valence-corrected chi connectivity index (χ4v) is 1.62. The Hall–Kier alpha value is -2.10. The first-order valence-electron chi connectivity index (χ1n) is 5.38. The van der Waals surface area contributed by atoms with E-state index in [1.54, 1.807) is 24.1 Å². The number of hydrogen-bond donors (Lipinski definition) is 0. The Labute approximate surface area is 100 Å². The molecule has 17 heavy (non-hydrogen) atoms. The Morgan fingerprint density at radius 2 is 1.82 bits per heavy atom. The second-order valence-electron chi connectivity index (χ2n) is 4.17. The SMILES string of the molecule is CN(C)c1ccc(C(=O)c2cnn(C)c2)cc1. The number of carbonyl (C=O) groups is 1. The van der Waals surface area contributed by atoms with Gasteiger partial charge in [0.15, 0.2) is 5.78 Å². The Kier molecular flexibility index (Phi) is 2.95. The third-order valence-electron chi connectivity index (χ3n) is 2.61. The van der Waals surface area contributed by atoms with E-state index in [2.05, 4.69) is 5.10 Å². The van der Waals surface area contributed by atoms with Crippen LogP contribution in [-0.2, 0) is 7.05 Å². The van der Waals surface area contributed by atoms with E-state index in [0.29, 0.717) is 11.1 Å². The molecule has 0 spiro atoms. The number of benzene rings is 1. The van der Waals surface area contributed by atoms with E-state index < -0.39 is 0 Å². The fourth-order valence-electron chi connectivity index (χ4n) is 1.62. The number of carbonyl (C=O) groups excluding carboxylic acids is 1. The number of aromatic nitrogens is 2. The summed E-state index contributed by atoms with van der Waals surface area (Å²) >= 11 is 0. The molecule has 1 heterocycles. The van der Waals surface area contributed by atoms with E-state index in [1.807, 2.05) is 43.3 Å². The van der Waals surface area contributed by atoms with Gasteiger partial charge in [0.1, 0.15) is 0 Å². The van der Waals surface area contributed by atoms with E-state index in [4.69, 9.17) is 0 Å². The van der Waals surface area contributed by atoms with Crippen molar-refractivity contribution in [2.45, 2.75) is 0 Å². The van der Waals surface area contributed by atoms with Crippen LogP contribution in [0.15, 0.2) is 36.7 Å². The summed E-state index contributed by atoms with van der Waals surface area (Å²) in [4.78, 5) is 14.1. The minimum atomic E-state index is 0.00315. The van der Waals surface area contributed by atoms with Crippen molar-refractivity contribution in [1.82, 2.24) is 9.78 Å². The lowest BCUT2D eigenvalue weighted by Gasteiger charge is -2.12. The summed E-state index contributed by atoms with van der Waals surface area (Å²) in [6.45, 7) is 0. The molecule has 1 aromatic heterocycles. The van der Waals surface area contributed by atoms with Crippen molar-refractivity contribution in [2.24, 2.45) is 7.05 Å². The molecular formula is C13H15N3O. The van der Waals surface area contributed by atoms with Gasteiger partial charge in [-0.25, -0.2) is 0 Å². The van der Waals surface area contributed by atoms with Crippen molar-refractivity contribution in [3.8, 4) is 0 Å². The predicted octanol–water partition coefficient (Wildman–Crippen LogP) is 1.72. The summed E-state index contributed by atoms with van der Waals surface area (Å²) in [6, 6.07) is 7.54. The summed E-state index contributed by atoms with van der Waals surface area (Å²) < 4.78 is 1.63. The molecule has 0 amide bonds. The Balaban J connectivity index is 2.26. The predicted molar refractivity (Wildman–Crippen MR) is 67.4 cm³/mol. The van der Waals surface area contributed by atoms with Gasteiger partial charge in [-0.1, -0.05) is 0 Å². The van der Waals surface area contributed by atoms with Crippen molar-refractivity contribution < 1.29 is 4.79 Å². The molecule has 0 radical (unpaired) electrons. The highest BCUT2D eigenvalue weighted by atomic mass is 16.1. The van der Waals surface area contributed by atoms with E-state index in [0.717, 1.165) is 5.69 Å². The molecular weight excluding hydrogens is 214 g/mol. The number of hydrogen-bond acceptors (Lipinski definition) is 3. The molecule has 4 nitrogen and oxygen atoms in total. The Bertz CT molecular complexity index is 526. The van der Waals surface area contributed by atoms with Gasteiger partial charge in [0, 0.05) is 38.6 Å². The first-order valence-corrected chi connectivity index (χ1v) is 5.38. The monoisotopic (exact) mass is 229 g/mol. The Morgan fingerprint density at radius 1 is 1.18 bits per heavy atom. The van der Waals surface area contributed by atoms with Gasteiger partial charge in [-0.3, -0.25) is 9.48 Å². The normalized spacial score (nSPS) is 10.3. The van der Waals surface area contributed by atoms with E-state index >= 15 is 0 Å². The second kappa shape index (κ2) is 4.41. The van der Waals surface area contributed by atoms with Gasteiger partial charge in [-0.05, 0) is 24.3 Å². The first-order chi connectivity index (χ1) is 8.08. The zero-order valence-corrected chi connectivity index (χ0v) is 10.2. The van der Waals surface area contributed by atoms with Gasteiger partial charge in [0.2, 0.25) is 0 Å². The van der Waals surface area contributed by atoms with Crippen LogP contribution in [0, 0.1) is 0 Å². The number of anilines is 1. The summed E-state index contributed by atoms with van der Waals surface area (Å²) in [7, 11) is 5.74. The maximum atomic E-state index is 12.1. The molecule has 0 aliphatic carbocycles. The van der Waals surface area contributed by atoms with Crippen LogP contribution in [0.5, 0.6) is 0 Å². The van der Waals surface area contributed by atoms with Gasteiger partial charge < -0.3 is 4.90 Å². The maximum Gasteiger partial charge on any atom is 0.196 e. The number of aryl methyl sites for hydroxylation is 1. The van der Waals surface area contributed by atoms with Gasteiger partial charge >= 0.3 is 0 Å². The summed E-state index contributed by atoms with van der Waals surface area (Å²) in [6.07, 6.45) is 3.31. The lowest BCUT2D eigenvalue weighted by Crippen LogP contribution is -2.09. The van der Waals surface area contributed by atoms with Crippen LogP contribution >= 0.6 is 0 Å². The maximum absolute atomic E-state index is 12.1. The van der Waals surface area contributed by atoms with Crippen LogP contribution in [0.3, 0.4) is 0 Å².